The number of nitrogens with zero attached hydrogens (tertiary/aromatic N) is 4. The van der Waals surface area contributed by atoms with Crippen molar-refractivity contribution in [2.24, 2.45) is 0 Å². The summed E-state index contributed by atoms with van der Waals surface area (Å²) in [7, 11) is 0. The smallest absolute Gasteiger partial charge is 0.249 e. The third-order valence-corrected chi connectivity index (χ3v) is 7.47. The number of hydrogen-bond donors (Lipinski definition) is 3. The van der Waals surface area contributed by atoms with Gasteiger partial charge in [-0.1, -0.05) is 73.7 Å². The highest BCUT2D eigenvalue weighted by atomic mass is 16.2. The number of hydrogen-bond acceptors (Lipinski definition) is 6. The minimum Gasteiger partial charge on any atom is -0.344 e. The number of aromatic amines is 1. The van der Waals surface area contributed by atoms with Crippen molar-refractivity contribution in [2.75, 3.05) is 11.4 Å². The van der Waals surface area contributed by atoms with E-state index in [0.29, 0.717) is 31.6 Å². The first-order valence-electron chi connectivity index (χ1n) is 14.2. The Bertz CT molecular complexity index is 1480. The summed E-state index contributed by atoms with van der Waals surface area (Å²) in [6.45, 7) is 7.38. The minimum absolute atomic E-state index is 0.0881. The number of anilines is 1. The van der Waals surface area contributed by atoms with E-state index in [2.05, 4.69) is 56.4 Å². The Morgan fingerprint density at radius 2 is 1.76 bits per heavy atom. The first kappa shape index (κ1) is 28.2. The van der Waals surface area contributed by atoms with Gasteiger partial charge in [-0.3, -0.25) is 9.59 Å². The van der Waals surface area contributed by atoms with Crippen molar-refractivity contribution < 1.29 is 9.59 Å². The van der Waals surface area contributed by atoms with Gasteiger partial charge in [0.05, 0.1) is 6.54 Å². The molecule has 1 aromatic heterocycles. The third-order valence-electron chi connectivity index (χ3n) is 7.47. The van der Waals surface area contributed by atoms with Crippen molar-refractivity contribution in [2.45, 2.75) is 64.6 Å². The molecule has 3 aromatic carbocycles. The van der Waals surface area contributed by atoms with Crippen LogP contribution in [0.1, 0.15) is 51.2 Å². The Balaban J connectivity index is 1.36. The summed E-state index contributed by atoms with van der Waals surface area (Å²) in [4.78, 5) is 28.8. The van der Waals surface area contributed by atoms with Gasteiger partial charge in [0.15, 0.2) is 5.82 Å². The van der Waals surface area contributed by atoms with E-state index in [-0.39, 0.29) is 17.4 Å². The molecule has 1 aliphatic rings. The molecule has 1 atom stereocenters. The summed E-state index contributed by atoms with van der Waals surface area (Å²) < 4.78 is 0. The number of tetrazole rings is 1. The molecule has 1 aliphatic heterocycles. The molecule has 2 heterocycles. The largest absolute Gasteiger partial charge is 0.344 e. The van der Waals surface area contributed by atoms with E-state index in [9.17, 15) is 9.59 Å². The quantitative estimate of drug-likeness (QED) is 0.264. The molecule has 41 heavy (non-hydrogen) atoms. The van der Waals surface area contributed by atoms with E-state index in [1.807, 2.05) is 73.3 Å². The third kappa shape index (κ3) is 6.69. The van der Waals surface area contributed by atoms with Gasteiger partial charge in [0.1, 0.15) is 6.04 Å². The first-order valence-corrected chi connectivity index (χ1v) is 14.2. The maximum atomic E-state index is 13.9. The van der Waals surface area contributed by atoms with E-state index in [0.717, 1.165) is 46.5 Å². The van der Waals surface area contributed by atoms with Crippen LogP contribution >= 0.6 is 0 Å². The van der Waals surface area contributed by atoms with Gasteiger partial charge in [-0.25, -0.2) is 5.10 Å². The molecule has 2 amide bonds. The number of rotatable bonds is 10. The maximum absolute atomic E-state index is 13.9. The summed E-state index contributed by atoms with van der Waals surface area (Å²) >= 11 is 0. The van der Waals surface area contributed by atoms with Crippen LogP contribution < -0.4 is 15.5 Å². The maximum Gasteiger partial charge on any atom is 0.249 e. The molecule has 0 aliphatic carbocycles. The molecule has 0 saturated heterocycles. The number of nitrogens with one attached hydrogen (secondary N) is 3. The van der Waals surface area contributed by atoms with Gasteiger partial charge in [0.2, 0.25) is 11.8 Å². The Hall–Kier alpha value is -4.37. The average molecular weight is 552 g/mol. The summed E-state index contributed by atoms with van der Waals surface area (Å²) in [5.41, 5.74) is 5.59. The van der Waals surface area contributed by atoms with Crippen LogP contribution in [0.4, 0.5) is 5.69 Å². The highest BCUT2D eigenvalue weighted by Gasteiger charge is 2.32. The van der Waals surface area contributed by atoms with Crippen LogP contribution in [0.15, 0.2) is 72.8 Å². The Kier molecular flexibility index (Phi) is 8.54. The van der Waals surface area contributed by atoms with Gasteiger partial charge in [-0.15, -0.1) is 5.10 Å². The van der Waals surface area contributed by atoms with Crippen molar-refractivity contribution in [3.05, 3.63) is 83.9 Å². The second-order valence-corrected chi connectivity index (χ2v) is 11.2. The number of carbonyl (C=O) groups is 2. The standard InChI is InChI=1S/C32H37N7O2/c1-4-19-33-32(2,3)20-29(40)34-27-18-17-24-9-5-8-12-28(24)39(31(27)41)21-22-13-15-23(16-14-22)25-10-6-7-11-26(25)30-35-37-38-36-30/h5-16,27,33H,4,17-21H2,1-3H3,(H,34,40)(H,35,36,37,38)/t27-/m1/s1. The normalized spacial score (nSPS) is 15.3. The second kappa shape index (κ2) is 12.4. The van der Waals surface area contributed by atoms with Crippen LogP contribution in [-0.4, -0.2) is 50.6 Å². The minimum atomic E-state index is -0.585. The predicted molar refractivity (Wildman–Crippen MR) is 160 cm³/mol. The highest BCUT2D eigenvalue weighted by Crippen LogP contribution is 2.32. The molecular weight excluding hydrogens is 514 g/mol. The van der Waals surface area contributed by atoms with Crippen LogP contribution in [0.3, 0.4) is 0 Å². The molecule has 0 fully saturated rings. The lowest BCUT2D eigenvalue weighted by atomic mass is 9.98. The molecule has 4 aromatic rings. The fraction of sp³-hybridized carbons (Fsp3) is 0.344. The van der Waals surface area contributed by atoms with Crippen LogP contribution in [0, 0.1) is 0 Å². The summed E-state index contributed by atoms with van der Waals surface area (Å²) in [6, 6.07) is 23.6. The average Bonchev–Trinajstić information content (AvgIpc) is 3.48. The van der Waals surface area contributed by atoms with E-state index in [1.54, 1.807) is 0 Å². The molecule has 0 radical (unpaired) electrons. The lowest BCUT2D eigenvalue weighted by molar-refractivity contribution is -0.128. The summed E-state index contributed by atoms with van der Waals surface area (Å²) in [5.74, 6) is 0.400. The molecule has 0 bridgehead atoms. The molecule has 0 spiro atoms. The number of aryl methyl sites for hydroxylation is 1. The van der Waals surface area contributed by atoms with E-state index < -0.39 is 6.04 Å². The fourth-order valence-corrected chi connectivity index (χ4v) is 5.37. The van der Waals surface area contributed by atoms with Crippen molar-refractivity contribution in [1.82, 2.24) is 31.3 Å². The lowest BCUT2D eigenvalue weighted by Gasteiger charge is -2.29. The highest BCUT2D eigenvalue weighted by molar-refractivity contribution is 6.00. The van der Waals surface area contributed by atoms with Gasteiger partial charge in [0, 0.05) is 23.2 Å². The van der Waals surface area contributed by atoms with E-state index in [1.165, 1.54) is 0 Å². The number of aromatic nitrogens is 4. The summed E-state index contributed by atoms with van der Waals surface area (Å²) in [6.07, 6.45) is 2.57. The van der Waals surface area contributed by atoms with Gasteiger partial charge in [-0.05, 0) is 78.4 Å². The SMILES string of the molecule is CCCNC(C)(C)CC(=O)N[C@@H]1CCc2ccccc2N(Cc2ccc(-c3ccccc3-c3nnn[nH]3)cc2)C1=O. The number of amides is 2. The summed E-state index contributed by atoms with van der Waals surface area (Å²) in [5, 5.41) is 20.8. The van der Waals surface area contributed by atoms with E-state index >= 15 is 0 Å². The first-order chi connectivity index (χ1) is 19.8. The number of carbonyl (C=O) groups excluding carboxylic acids is 2. The predicted octanol–water partition coefficient (Wildman–Crippen LogP) is 4.67. The number of benzene rings is 3. The van der Waals surface area contributed by atoms with Gasteiger partial charge < -0.3 is 15.5 Å². The molecular formula is C32H37N7O2. The number of H-pyrrole nitrogens is 1. The Morgan fingerprint density at radius 1 is 1.02 bits per heavy atom. The van der Waals surface area contributed by atoms with Crippen molar-refractivity contribution in [3.63, 3.8) is 0 Å². The van der Waals surface area contributed by atoms with Crippen LogP contribution in [0.5, 0.6) is 0 Å². The molecule has 0 unspecified atom stereocenters. The second-order valence-electron chi connectivity index (χ2n) is 11.2. The van der Waals surface area contributed by atoms with Crippen molar-refractivity contribution in [1.29, 1.82) is 0 Å². The molecule has 9 heteroatoms. The molecule has 3 N–H and O–H groups in total. The zero-order valence-electron chi connectivity index (χ0n) is 23.9. The van der Waals surface area contributed by atoms with Crippen LogP contribution in [0.25, 0.3) is 22.5 Å². The van der Waals surface area contributed by atoms with Crippen LogP contribution in [-0.2, 0) is 22.6 Å². The molecule has 212 valence electrons. The van der Waals surface area contributed by atoms with Crippen molar-refractivity contribution >= 4 is 17.5 Å². The van der Waals surface area contributed by atoms with E-state index in [4.69, 9.17) is 0 Å². The molecule has 0 saturated carbocycles. The topological polar surface area (TPSA) is 116 Å². The zero-order chi connectivity index (χ0) is 28.8. The van der Waals surface area contributed by atoms with Gasteiger partial charge in [0.25, 0.3) is 0 Å². The fourth-order valence-electron chi connectivity index (χ4n) is 5.37. The number of para-hydroxylation sites is 1. The van der Waals surface area contributed by atoms with Crippen LogP contribution in [0.2, 0.25) is 0 Å². The number of fused-ring (bicyclic) bond motifs is 1. The molecule has 9 nitrogen and oxygen atoms in total. The Labute approximate surface area is 240 Å². The lowest BCUT2D eigenvalue weighted by Crippen LogP contribution is -2.50. The molecule has 5 rings (SSSR count). The zero-order valence-corrected chi connectivity index (χ0v) is 23.9. The van der Waals surface area contributed by atoms with Gasteiger partial charge in [-0.2, -0.15) is 0 Å². The van der Waals surface area contributed by atoms with Gasteiger partial charge >= 0.3 is 0 Å². The monoisotopic (exact) mass is 551 g/mol. The Morgan fingerprint density at radius 3 is 2.49 bits per heavy atom. The van der Waals surface area contributed by atoms with Crippen molar-refractivity contribution in [3.8, 4) is 22.5 Å².